The molecule has 2 amide bonds. The van der Waals surface area contributed by atoms with Crippen LogP contribution in [-0.2, 0) is 0 Å². The highest BCUT2D eigenvalue weighted by atomic mass is 28.4. The van der Waals surface area contributed by atoms with Gasteiger partial charge < -0.3 is 24.3 Å². The second-order valence-corrected chi connectivity index (χ2v) is 15.3. The molecule has 2 aliphatic heterocycles. The molecule has 0 bridgehead atoms. The van der Waals surface area contributed by atoms with E-state index in [2.05, 4.69) is 48.1 Å². The van der Waals surface area contributed by atoms with Gasteiger partial charge in [0.2, 0.25) is 0 Å². The van der Waals surface area contributed by atoms with Crippen LogP contribution in [0.3, 0.4) is 0 Å². The summed E-state index contributed by atoms with van der Waals surface area (Å²) in [5.74, 6) is 0.412. The van der Waals surface area contributed by atoms with Crippen LogP contribution < -0.4 is 14.1 Å². The van der Waals surface area contributed by atoms with Crippen molar-refractivity contribution in [1.29, 1.82) is 0 Å². The van der Waals surface area contributed by atoms with Crippen molar-refractivity contribution in [3.8, 4) is 11.5 Å². The number of ether oxygens (including phenoxy) is 1. The third kappa shape index (κ3) is 4.01. The zero-order chi connectivity index (χ0) is 24.8. The summed E-state index contributed by atoms with van der Waals surface area (Å²) in [6.07, 6.45) is -2.42. The maximum Gasteiger partial charge on any atom is 0.414 e. The average Bonchev–Trinajstić information content (AvgIpc) is 3.09. The van der Waals surface area contributed by atoms with Gasteiger partial charge in [-0.2, -0.15) is 0 Å². The number of carbonyl (C=O) groups excluding carboxylic acids is 1. The Morgan fingerprint density at radius 3 is 2.18 bits per heavy atom. The van der Waals surface area contributed by atoms with Crippen LogP contribution in [0.15, 0.2) is 24.3 Å². The number of hydrogen-bond acceptors (Lipinski definition) is 5. The van der Waals surface area contributed by atoms with Crippen LogP contribution in [0.4, 0.5) is 10.5 Å². The highest BCUT2D eigenvalue weighted by molar-refractivity contribution is 6.78. The smallest absolute Gasteiger partial charge is 0.414 e. The fourth-order valence-electron chi connectivity index (χ4n) is 5.71. The number of nitrogens with zero attached hydrogens (tertiary/aromatic N) is 2. The van der Waals surface area contributed by atoms with E-state index in [9.17, 15) is 19.8 Å². The lowest BCUT2D eigenvalue weighted by atomic mass is 10.1. The zero-order valence-electron chi connectivity index (χ0n) is 20.6. The normalized spacial score (nSPS) is 20.9. The fraction of sp³-hybridized carbons (Fsp3) is 0.583. The Bertz CT molecular complexity index is 939. The topological polar surface area (TPSA) is 99.5 Å². The number of carbonyl (C=O) groups is 2. The number of fused-ring (bicyclic) bond motifs is 2. The molecule has 2 heterocycles. The van der Waals surface area contributed by atoms with Gasteiger partial charge in [0.25, 0.3) is 14.2 Å². The van der Waals surface area contributed by atoms with Crippen molar-refractivity contribution in [3.05, 3.63) is 29.8 Å². The van der Waals surface area contributed by atoms with E-state index in [4.69, 9.17) is 9.16 Å². The molecule has 3 rings (SSSR count). The van der Waals surface area contributed by atoms with E-state index < -0.39 is 26.7 Å². The van der Waals surface area contributed by atoms with E-state index in [0.717, 1.165) is 10.5 Å². The van der Waals surface area contributed by atoms with E-state index in [-0.39, 0.29) is 40.3 Å². The first-order chi connectivity index (χ1) is 15.4. The first-order valence-corrected chi connectivity index (χ1v) is 13.6. The Hall–Kier alpha value is -2.52. The summed E-state index contributed by atoms with van der Waals surface area (Å²) >= 11 is 0. The Morgan fingerprint density at radius 2 is 1.70 bits per heavy atom. The Morgan fingerprint density at radius 1 is 1.12 bits per heavy atom. The zero-order valence-corrected chi connectivity index (χ0v) is 21.6. The Balaban J connectivity index is 2.23. The van der Waals surface area contributed by atoms with Crippen molar-refractivity contribution in [1.82, 2.24) is 4.90 Å². The SMILES string of the molecule is C=C1C[C@H]2[C@H](O)N(C(=O)O)c3cc(O[Si](C(C)C)(C(C)C)C(C)C)c(OC)cc3C(=O)N2C1. The molecule has 9 heteroatoms. The Labute approximate surface area is 196 Å². The van der Waals surface area contributed by atoms with E-state index in [1.165, 1.54) is 12.0 Å². The van der Waals surface area contributed by atoms with Gasteiger partial charge in [0, 0.05) is 12.6 Å². The molecule has 2 N–H and O–H groups in total. The molecule has 182 valence electrons. The highest BCUT2D eigenvalue weighted by Gasteiger charge is 2.49. The number of hydrogen-bond donors (Lipinski definition) is 2. The number of carboxylic acid groups (broad SMARTS) is 1. The highest BCUT2D eigenvalue weighted by Crippen LogP contribution is 2.47. The van der Waals surface area contributed by atoms with Gasteiger partial charge in [0.1, 0.15) is 5.75 Å². The second kappa shape index (κ2) is 9.02. The van der Waals surface area contributed by atoms with Crippen molar-refractivity contribution >= 4 is 26.0 Å². The summed E-state index contributed by atoms with van der Waals surface area (Å²) in [5.41, 5.74) is 1.87. The van der Waals surface area contributed by atoms with E-state index >= 15 is 0 Å². The van der Waals surface area contributed by atoms with Gasteiger partial charge in [-0.15, -0.1) is 0 Å². The van der Waals surface area contributed by atoms with Gasteiger partial charge >= 0.3 is 6.09 Å². The predicted molar refractivity (Wildman–Crippen MR) is 130 cm³/mol. The van der Waals surface area contributed by atoms with Crippen molar-refractivity contribution in [2.75, 3.05) is 18.6 Å². The van der Waals surface area contributed by atoms with Gasteiger partial charge in [-0.25, -0.2) is 9.69 Å². The van der Waals surface area contributed by atoms with Crippen molar-refractivity contribution in [2.45, 2.75) is 76.9 Å². The summed E-state index contributed by atoms with van der Waals surface area (Å²) in [6.45, 7) is 17.1. The van der Waals surface area contributed by atoms with Crippen LogP contribution in [0.1, 0.15) is 58.3 Å². The van der Waals surface area contributed by atoms with E-state index in [1.807, 2.05) is 0 Å². The molecular weight excluding hydrogens is 440 g/mol. The van der Waals surface area contributed by atoms with Crippen molar-refractivity contribution in [2.24, 2.45) is 0 Å². The van der Waals surface area contributed by atoms with Crippen LogP contribution >= 0.6 is 0 Å². The third-order valence-electron chi connectivity index (χ3n) is 7.13. The predicted octanol–water partition coefficient (Wildman–Crippen LogP) is 4.84. The standard InChI is InChI=1S/C24H36N2O6Si/c1-13(2)33(14(3)4,15(5)6)32-21-11-18-17(10-20(21)31-8)22(27)25-12-16(7)9-19(25)23(28)26(18)24(29)30/h10-11,13-15,19,23,28H,7,9,12H2,1-6,8H3,(H,29,30)/t19-,23-/m0/s1. The van der Waals surface area contributed by atoms with Gasteiger partial charge in [-0.3, -0.25) is 4.79 Å². The molecule has 0 aliphatic carbocycles. The Kier molecular flexibility index (Phi) is 6.86. The molecule has 0 radical (unpaired) electrons. The first kappa shape index (κ1) is 25.1. The van der Waals surface area contributed by atoms with Crippen LogP contribution in [-0.4, -0.2) is 61.4 Å². The summed E-state index contributed by atoms with van der Waals surface area (Å²) in [6, 6.07) is 2.40. The van der Waals surface area contributed by atoms with Crippen LogP contribution in [0.5, 0.6) is 11.5 Å². The minimum absolute atomic E-state index is 0.106. The lowest BCUT2D eigenvalue weighted by Gasteiger charge is -2.42. The van der Waals surface area contributed by atoms with Gasteiger partial charge in [0.15, 0.2) is 12.0 Å². The summed E-state index contributed by atoms with van der Waals surface area (Å²) in [4.78, 5) is 28.1. The fourth-order valence-corrected chi connectivity index (χ4v) is 11.0. The molecule has 0 aromatic heterocycles. The maximum atomic E-state index is 13.4. The molecule has 2 atom stereocenters. The van der Waals surface area contributed by atoms with Crippen LogP contribution in [0.2, 0.25) is 16.6 Å². The molecule has 1 fully saturated rings. The molecular formula is C24H36N2O6Si. The maximum absolute atomic E-state index is 13.4. The molecule has 8 nitrogen and oxygen atoms in total. The molecule has 0 unspecified atom stereocenters. The molecule has 0 saturated carbocycles. The van der Waals surface area contributed by atoms with Crippen molar-refractivity contribution in [3.63, 3.8) is 0 Å². The van der Waals surface area contributed by atoms with Crippen LogP contribution in [0.25, 0.3) is 0 Å². The molecule has 2 aliphatic rings. The number of aliphatic hydroxyl groups excluding tert-OH is 1. The molecule has 33 heavy (non-hydrogen) atoms. The lowest BCUT2D eigenvalue weighted by Crippen LogP contribution is -2.51. The number of rotatable bonds is 6. The molecule has 0 spiro atoms. The molecule has 1 aromatic carbocycles. The minimum Gasteiger partial charge on any atom is -0.540 e. The number of benzene rings is 1. The quantitative estimate of drug-likeness (QED) is 0.450. The number of aliphatic hydroxyl groups is 1. The van der Waals surface area contributed by atoms with Crippen LogP contribution in [0, 0.1) is 0 Å². The summed E-state index contributed by atoms with van der Waals surface area (Å²) in [7, 11) is -0.901. The monoisotopic (exact) mass is 476 g/mol. The molecule has 1 saturated heterocycles. The van der Waals surface area contributed by atoms with Gasteiger partial charge in [-0.05, 0) is 29.1 Å². The lowest BCUT2D eigenvalue weighted by molar-refractivity contribution is 0.0511. The summed E-state index contributed by atoms with van der Waals surface area (Å²) in [5, 5.41) is 21.1. The summed E-state index contributed by atoms with van der Waals surface area (Å²) < 4.78 is 12.4. The second-order valence-electron chi connectivity index (χ2n) is 9.96. The third-order valence-corrected chi connectivity index (χ3v) is 13.1. The minimum atomic E-state index is -2.40. The van der Waals surface area contributed by atoms with Gasteiger partial charge in [-0.1, -0.05) is 53.7 Å². The largest absolute Gasteiger partial charge is 0.540 e. The van der Waals surface area contributed by atoms with Gasteiger partial charge in [0.05, 0.1) is 24.4 Å². The van der Waals surface area contributed by atoms with Crippen molar-refractivity contribution < 1.29 is 29.0 Å². The number of amides is 2. The van der Waals surface area contributed by atoms with E-state index in [1.54, 1.807) is 12.1 Å². The first-order valence-electron chi connectivity index (χ1n) is 11.5. The van der Waals surface area contributed by atoms with E-state index in [0.29, 0.717) is 17.9 Å². The number of methoxy groups -OCH3 is 1. The number of anilines is 1. The average molecular weight is 477 g/mol. The molecule has 1 aromatic rings.